The predicted octanol–water partition coefficient (Wildman–Crippen LogP) is 3.39. The SMILES string of the molecule is Fc1ccc2ncnc(Nc3ccc4nc[nH]c4c3)c2c1. The molecule has 2 heterocycles. The number of aromatic nitrogens is 4. The molecule has 0 amide bonds. The maximum atomic E-state index is 13.4. The van der Waals surface area contributed by atoms with Gasteiger partial charge in [0, 0.05) is 11.1 Å². The molecule has 0 aliphatic rings. The van der Waals surface area contributed by atoms with E-state index in [4.69, 9.17) is 0 Å². The van der Waals surface area contributed by atoms with Crippen LogP contribution >= 0.6 is 0 Å². The van der Waals surface area contributed by atoms with Crippen LogP contribution in [0.15, 0.2) is 49.1 Å². The van der Waals surface area contributed by atoms with Crippen LogP contribution in [0.3, 0.4) is 0 Å². The molecule has 21 heavy (non-hydrogen) atoms. The van der Waals surface area contributed by atoms with Crippen molar-refractivity contribution in [3.05, 3.63) is 54.9 Å². The van der Waals surface area contributed by atoms with Crippen LogP contribution in [0.2, 0.25) is 0 Å². The number of fused-ring (bicyclic) bond motifs is 2. The summed E-state index contributed by atoms with van der Waals surface area (Å²) in [7, 11) is 0. The number of halogens is 1. The molecule has 2 N–H and O–H groups in total. The highest BCUT2D eigenvalue weighted by atomic mass is 19.1. The summed E-state index contributed by atoms with van der Waals surface area (Å²) >= 11 is 0. The predicted molar refractivity (Wildman–Crippen MR) is 78.9 cm³/mol. The molecule has 102 valence electrons. The van der Waals surface area contributed by atoms with E-state index < -0.39 is 0 Å². The van der Waals surface area contributed by atoms with Gasteiger partial charge in [-0.05, 0) is 36.4 Å². The molecule has 2 aromatic carbocycles. The van der Waals surface area contributed by atoms with E-state index in [2.05, 4.69) is 25.3 Å². The van der Waals surface area contributed by atoms with Crippen molar-refractivity contribution >= 4 is 33.4 Å². The largest absolute Gasteiger partial charge is 0.345 e. The molecule has 0 spiro atoms. The molecule has 0 aliphatic heterocycles. The minimum Gasteiger partial charge on any atom is -0.345 e. The van der Waals surface area contributed by atoms with Gasteiger partial charge in [0.2, 0.25) is 0 Å². The Labute approximate surface area is 118 Å². The van der Waals surface area contributed by atoms with Crippen molar-refractivity contribution < 1.29 is 4.39 Å². The van der Waals surface area contributed by atoms with Crippen molar-refractivity contribution in [3.63, 3.8) is 0 Å². The Bertz CT molecular complexity index is 947. The third-order valence-electron chi connectivity index (χ3n) is 3.28. The zero-order valence-electron chi connectivity index (χ0n) is 10.8. The van der Waals surface area contributed by atoms with Crippen LogP contribution in [-0.2, 0) is 0 Å². The molecule has 4 rings (SSSR count). The number of imidazole rings is 1. The van der Waals surface area contributed by atoms with E-state index in [0.29, 0.717) is 16.7 Å². The Balaban J connectivity index is 1.81. The van der Waals surface area contributed by atoms with Gasteiger partial charge < -0.3 is 10.3 Å². The van der Waals surface area contributed by atoms with Crippen LogP contribution in [0.4, 0.5) is 15.9 Å². The Kier molecular flexibility index (Phi) is 2.53. The first-order valence-corrected chi connectivity index (χ1v) is 6.40. The molecule has 0 fully saturated rings. The topological polar surface area (TPSA) is 66.5 Å². The van der Waals surface area contributed by atoms with Crippen molar-refractivity contribution in [2.24, 2.45) is 0 Å². The van der Waals surface area contributed by atoms with Crippen molar-refractivity contribution in [1.82, 2.24) is 19.9 Å². The summed E-state index contributed by atoms with van der Waals surface area (Å²) in [5, 5.41) is 3.83. The number of rotatable bonds is 2. The first kappa shape index (κ1) is 11.8. The van der Waals surface area contributed by atoms with Crippen molar-refractivity contribution in [1.29, 1.82) is 0 Å². The van der Waals surface area contributed by atoms with Gasteiger partial charge in [0.1, 0.15) is 18.0 Å². The Morgan fingerprint density at radius 3 is 2.81 bits per heavy atom. The number of hydrogen-bond donors (Lipinski definition) is 2. The lowest BCUT2D eigenvalue weighted by Gasteiger charge is -2.08. The number of H-pyrrole nitrogens is 1. The number of anilines is 2. The Morgan fingerprint density at radius 2 is 1.86 bits per heavy atom. The maximum Gasteiger partial charge on any atom is 0.141 e. The van der Waals surface area contributed by atoms with Gasteiger partial charge in [-0.15, -0.1) is 0 Å². The second-order valence-corrected chi connectivity index (χ2v) is 4.64. The molecular formula is C15H10FN5. The summed E-state index contributed by atoms with van der Waals surface area (Å²) < 4.78 is 13.4. The molecule has 0 atom stereocenters. The zero-order chi connectivity index (χ0) is 14.2. The fourth-order valence-electron chi connectivity index (χ4n) is 2.28. The number of benzene rings is 2. The van der Waals surface area contributed by atoms with Crippen molar-refractivity contribution in [2.45, 2.75) is 0 Å². The highest BCUT2D eigenvalue weighted by Crippen LogP contribution is 2.25. The third-order valence-corrected chi connectivity index (χ3v) is 3.28. The first-order chi connectivity index (χ1) is 10.3. The molecule has 0 bridgehead atoms. The van der Waals surface area contributed by atoms with E-state index in [1.165, 1.54) is 18.5 Å². The zero-order valence-corrected chi connectivity index (χ0v) is 10.8. The van der Waals surface area contributed by atoms with E-state index in [1.807, 2.05) is 18.2 Å². The average molecular weight is 279 g/mol. The molecule has 4 aromatic rings. The van der Waals surface area contributed by atoms with Crippen molar-refractivity contribution in [2.75, 3.05) is 5.32 Å². The number of hydrogen-bond acceptors (Lipinski definition) is 4. The first-order valence-electron chi connectivity index (χ1n) is 6.40. The van der Waals surface area contributed by atoms with Gasteiger partial charge in [-0.3, -0.25) is 0 Å². The molecule has 2 aromatic heterocycles. The van der Waals surface area contributed by atoms with Gasteiger partial charge in [-0.25, -0.2) is 19.3 Å². The second-order valence-electron chi connectivity index (χ2n) is 4.64. The van der Waals surface area contributed by atoms with Gasteiger partial charge in [-0.2, -0.15) is 0 Å². The number of nitrogens with one attached hydrogen (secondary N) is 2. The van der Waals surface area contributed by atoms with E-state index in [-0.39, 0.29) is 5.82 Å². The summed E-state index contributed by atoms with van der Waals surface area (Å²) in [5.41, 5.74) is 3.34. The monoisotopic (exact) mass is 279 g/mol. The van der Waals surface area contributed by atoms with Crippen LogP contribution in [0.5, 0.6) is 0 Å². The maximum absolute atomic E-state index is 13.4. The van der Waals surface area contributed by atoms with Crippen LogP contribution in [0.1, 0.15) is 0 Å². The minimum atomic E-state index is -0.315. The summed E-state index contributed by atoms with van der Waals surface area (Å²) in [4.78, 5) is 15.5. The smallest absolute Gasteiger partial charge is 0.141 e. The Morgan fingerprint density at radius 1 is 0.952 bits per heavy atom. The van der Waals surface area contributed by atoms with Crippen LogP contribution in [0, 0.1) is 5.82 Å². The normalized spacial score (nSPS) is 11.1. The van der Waals surface area contributed by atoms with Crippen molar-refractivity contribution in [3.8, 4) is 0 Å². The third kappa shape index (κ3) is 2.06. The number of nitrogens with zero attached hydrogens (tertiary/aromatic N) is 3. The fourth-order valence-corrected chi connectivity index (χ4v) is 2.28. The molecule has 0 saturated heterocycles. The molecule has 0 aliphatic carbocycles. The lowest BCUT2D eigenvalue weighted by Crippen LogP contribution is -1.96. The molecule has 0 unspecified atom stereocenters. The Hall–Kier alpha value is -3.02. The van der Waals surface area contributed by atoms with E-state index in [9.17, 15) is 4.39 Å². The molecule has 0 saturated carbocycles. The standard InChI is InChI=1S/C15H10FN5/c16-9-1-3-12-11(5-9)15(20-8-17-12)21-10-2-4-13-14(6-10)19-7-18-13/h1-8H,(H,18,19)(H,17,20,21). The fraction of sp³-hybridized carbons (Fsp3) is 0. The number of aromatic amines is 1. The van der Waals surface area contributed by atoms with Crippen LogP contribution < -0.4 is 5.32 Å². The second kappa shape index (κ2) is 4.52. The van der Waals surface area contributed by atoms with E-state index in [0.717, 1.165) is 16.7 Å². The molecule has 6 heteroatoms. The van der Waals surface area contributed by atoms with E-state index in [1.54, 1.807) is 12.4 Å². The summed E-state index contributed by atoms with van der Waals surface area (Å²) in [5.74, 6) is 0.253. The van der Waals surface area contributed by atoms with Gasteiger partial charge in [-0.1, -0.05) is 0 Å². The quantitative estimate of drug-likeness (QED) is 0.590. The van der Waals surface area contributed by atoms with Gasteiger partial charge in [0.05, 0.1) is 22.9 Å². The molecule has 5 nitrogen and oxygen atoms in total. The van der Waals surface area contributed by atoms with Crippen LogP contribution in [0.25, 0.3) is 21.9 Å². The summed E-state index contributed by atoms with van der Waals surface area (Å²) in [6.07, 6.45) is 3.10. The lowest BCUT2D eigenvalue weighted by atomic mass is 10.2. The molecule has 0 radical (unpaired) electrons. The van der Waals surface area contributed by atoms with Gasteiger partial charge in [0.25, 0.3) is 0 Å². The average Bonchev–Trinajstić information content (AvgIpc) is 2.95. The molecular weight excluding hydrogens is 269 g/mol. The highest BCUT2D eigenvalue weighted by molar-refractivity contribution is 5.91. The van der Waals surface area contributed by atoms with Gasteiger partial charge >= 0.3 is 0 Å². The highest BCUT2D eigenvalue weighted by Gasteiger charge is 2.06. The van der Waals surface area contributed by atoms with Gasteiger partial charge in [0.15, 0.2) is 0 Å². The minimum absolute atomic E-state index is 0.315. The lowest BCUT2D eigenvalue weighted by molar-refractivity contribution is 0.629. The summed E-state index contributed by atoms with van der Waals surface area (Å²) in [6, 6.07) is 10.2. The van der Waals surface area contributed by atoms with Crippen LogP contribution in [-0.4, -0.2) is 19.9 Å². The van der Waals surface area contributed by atoms with E-state index >= 15 is 0 Å². The summed E-state index contributed by atoms with van der Waals surface area (Å²) in [6.45, 7) is 0.